The molecule has 1 heterocycles. The van der Waals surface area contributed by atoms with E-state index < -0.39 is 0 Å². The minimum Gasteiger partial charge on any atom is -0.494 e. The average molecular weight is 566 g/mol. The van der Waals surface area contributed by atoms with Crippen molar-refractivity contribution in [2.45, 2.75) is 17.0 Å². The summed E-state index contributed by atoms with van der Waals surface area (Å²) < 4.78 is 7.39. The Morgan fingerprint density at radius 1 is 0.900 bits per heavy atom. The summed E-state index contributed by atoms with van der Waals surface area (Å²) in [4.78, 5) is 29.7. The van der Waals surface area contributed by atoms with Gasteiger partial charge in [0.25, 0.3) is 5.91 Å². The number of thioether (sulfide) groups is 1. The molecule has 1 aromatic heterocycles. The number of carbonyl (C=O) groups excluding carboxylic acids is 2. The molecule has 0 spiro atoms. The predicted molar refractivity (Wildman–Crippen MR) is 165 cm³/mol. The first-order valence-corrected chi connectivity index (χ1v) is 14.6. The summed E-state index contributed by atoms with van der Waals surface area (Å²) in [5.41, 5.74) is 5.01. The van der Waals surface area contributed by atoms with E-state index in [1.165, 1.54) is 6.08 Å². The lowest BCUT2D eigenvalue weighted by Gasteiger charge is -2.08. The third-order valence-electron chi connectivity index (χ3n) is 5.86. The molecule has 5 aromatic rings. The van der Waals surface area contributed by atoms with E-state index in [1.54, 1.807) is 29.2 Å². The molecule has 0 unspecified atom stereocenters. The van der Waals surface area contributed by atoms with Crippen LogP contribution < -0.4 is 15.4 Å². The maximum absolute atomic E-state index is 12.6. The molecule has 40 heavy (non-hydrogen) atoms. The van der Waals surface area contributed by atoms with Gasteiger partial charge in [-0.2, -0.15) is 0 Å². The van der Waals surface area contributed by atoms with Crippen LogP contribution >= 0.6 is 23.1 Å². The van der Waals surface area contributed by atoms with E-state index >= 15 is 0 Å². The van der Waals surface area contributed by atoms with Gasteiger partial charge in [0.1, 0.15) is 5.75 Å². The minimum atomic E-state index is -0.182. The smallest absolute Gasteiger partial charge is 0.255 e. The summed E-state index contributed by atoms with van der Waals surface area (Å²) in [5.74, 6) is 1.16. The van der Waals surface area contributed by atoms with Crippen molar-refractivity contribution in [1.29, 1.82) is 0 Å². The maximum Gasteiger partial charge on any atom is 0.255 e. The number of ether oxygens (including phenoxy) is 1. The summed E-state index contributed by atoms with van der Waals surface area (Å²) in [7, 11) is 0. The second kappa shape index (κ2) is 13.1. The van der Waals surface area contributed by atoms with E-state index in [0.717, 1.165) is 48.6 Å². The lowest BCUT2D eigenvalue weighted by Crippen LogP contribution is -2.11. The number of hydrogen-bond acceptors (Lipinski definition) is 6. The summed E-state index contributed by atoms with van der Waals surface area (Å²) in [6, 6.07) is 30.3. The van der Waals surface area contributed by atoms with Crippen molar-refractivity contribution < 1.29 is 14.3 Å². The standard InChI is InChI=1S/C32H27N3O3S2/c1-2-38-27-16-13-25(14-17-27)34-31(37)24-11-8-23(9-12-24)21-39-32-35-28-18-15-26(20-29(28)40-32)33-30(36)19-10-22-6-4-3-5-7-22/h3-20H,2,21H2,1H3,(H,33,36)(H,34,37). The van der Waals surface area contributed by atoms with Crippen LogP contribution in [0.4, 0.5) is 11.4 Å². The highest BCUT2D eigenvalue weighted by Gasteiger charge is 2.09. The first kappa shape index (κ1) is 27.2. The average Bonchev–Trinajstić information content (AvgIpc) is 3.39. The molecule has 6 nitrogen and oxygen atoms in total. The monoisotopic (exact) mass is 565 g/mol. The molecule has 5 rings (SSSR count). The van der Waals surface area contributed by atoms with Crippen LogP contribution in [0.2, 0.25) is 0 Å². The van der Waals surface area contributed by atoms with Crippen molar-refractivity contribution in [3.8, 4) is 5.75 Å². The van der Waals surface area contributed by atoms with Crippen LogP contribution in [-0.2, 0) is 10.5 Å². The molecule has 0 bridgehead atoms. The summed E-state index contributed by atoms with van der Waals surface area (Å²) in [5, 5.41) is 5.83. The number of thiazole rings is 1. The maximum atomic E-state index is 12.6. The third kappa shape index (κ3) is 7.37. The highest BCUT2D eigenvalue weighted by molar-refractivity contribution is 8.00. The van der Waals surface area contributed by atoms with Crippen LogP contribution in [0.5, 0.6) is 5.75 Å². The van der Waals surface area contributed by atoms with Gasteiger partial charge in [-0.15, -0.1) is 11.3 Å². The second-order valence-corrected chi connectivity index (χ2v) is 11.0. The molecule has 4 aromatic carbocycles. The van der Waals surface area contributed by atoms with Crippen molar-refractivity contribution in [3.05, 3.63) is 120 Å². The molecule has 0 saturated carbocycles. The van der Waals surface area contributed by atoms with Gasteiger partial charge < -0.3 is 15.4 Å². The summed E-state index contributed by atoms with van der Waals surface area (Å²) in [6.45, 7) is 2.53. The number of nitrogens with zero attached hydrogens (tertiary/aromatic N) is 1. The van der Waals surface area contributed by atoms with Gasteiger partial charge in [0.05, 0.1) is 16.8 Å². The topological polar surface area (TPSA) is 80.3 Å². The number of nitrogens with one attached hydrogen (secondary N) is 2. The number of carbonyl (C=O) groups is 2. The largest absolute Gasteiger partial charge is 0.494 e. The second-order valence-electron chi connectivity index (χ2n) is 8.79. The fourth-order valence-corrected chi connectivity index (χ4v) is 5.93. The molecule has 200 valence electrons. The molecule has 2 N–H and O–H groups in total. The predicted octanol–water partition coefficient (Wildman–Crippen LogP) is 7.89. The van der Waals surface area contributed by atoms with Crippen LogP contribution in [-0.4, -0.2) is 23.4 Å². The van der Waals surface area contributed by atoms with Gasteiger partial charge in [-0.05, 0) is 78.7 Å². The Balaban J connectivity index is 1.14. The van der Waals surface area contributed by atoms with Crippen molar-refractivity contribution in [1.82, 2.24) is 4.98 Å². The van der Waals surface area contributed by atoms with Gasteiger partial charge in [-0.1, -0.05) is 54.2 Å². The molecule has 2 amide bonds. The van der Waals surface area contributed by atoms with E-state index in [4.69, 9.17) is 9.72 Å². The quantitative estimate of drug-likeness (QED) is 0.133. The number of amides is 2. The van der Waals surface area contributed by atoms with Crippen molar-refractivity contribution in [2.24, 2.45) is 0 Å². The molecular weight excluding hydrogens is 539 g/mol. The lowest BCUT2D eigenvalue weighted by molar-refractivity contribution is -0.111. The van der Waals surface area contributed by atoms with E-state index in [9.17, 15) is 9.59 Å². The fraction of sp³-hybridized carbons (Fsp3) is 0.0938. The van der Waals surface area contributed by atoms with Crippen LogP contribution in [0, 0.1) is 0 Å². The first-order chi connectivity index (χ1) is 19.6. The van der Waals surface area contributed by atoms with Crippen molar-refractivity contribution in [2.75, 3.05) is 17.2 Å². The number of benzene rings is 4. The van der Waals surface area contributed by atoms with Crippen LogP contribution in [0.1, 0.15) is 28.4 Å². The van der Waals surface area contributed by atoms with Gasteiger partial charge in [-0.3, -0.25) is 9.59 Å². The van der Waals surface area contributed by atoms with Crippen molar-refractivity contribution >= 4 is 62.6 Å². The SMILES string of the molecule is CCOc1ccc(NC(=O)c2ccc(CSc3nc4ccc(NC(=O)C=Cc5ccccc5)cc4s3)cc2)cc1. The van der Waals surface area contributed by atoms with E-state index in [1.807, 2.05) is 104 Å². The molecular formula is C32H27N3O3S2. The first-order valence-electron chi connectivity index (χ1n) is 12.8. The number of hydrogen-bond donors (Lipinski definition) is 2. The number of fused-ring (bicyclic) bond motifs is 1. The lowest BCUT2D eigenvalue weighted by atomic mass is 10.1. The van der Waals surface area contributed by atoms with Crippen LogP contribution in [0.3, 0.4) is 0 Å². The number of aromatic nitrogens is 1. The van der Waals surface area contributed by atoms with Gasteiger partial charge in [0.2, 0.25) is 5.91 Å². The summed E-state index contributed by atoms with van der Waals surface area (Å²) >= 11 is 3.23. The molecule has 0 saturated heterocycles. The number of anilines is 2. The summed E-state index contributed by atoms with van der Waals surface area (Å²) in [6.07, 6.45) is 3.32. The van der Waals surface area contributed by atoms with E-state index in [0.29, 0.717) is 12.2 Å². The van der Waals surface area contributed by atoms with Crippen molar-refractivity contribution in [3.63, 3.8) is 0 Å². The zero-order valence-electron chi connectivity index (χ0n) is 21.8. The molecule has 0 fully saturated rings. The molecule has 0 aliphatic heterocycles. The molecule has 0 aliphatic rings. The Labute approximate surface area is 241 Å². The highest BCUT2D eigenvalue weighted by atomic mass is 32.2. The Bertz CT molecular complexity index is 1630. The van der Waals surface area contributed by atoms with Gasteiger partial charge in [0, 0.05) is 28.8 Å². The van der Waals surface area contributed by atoms with Crippen LogP contribution in [0.15, 0.2) is 107 Å². The van der Waals surface area contributed by atoms with Gasteiger partial charge in [-0.25, -0.2) is 4.98 Å². The Morgan fingerprint density at radius 2 is 1.65 bits per heavy atom. The molecule has 0 atom stereocenters. The highest BCUT2D eigenvalue weighted by Crippen LogP contribution is 2.33. The third-order valence-corrected chi connectivity index (χ3v) is 8.10. The molecule has 0 radical (unpaired) electrons. The Hall–Kier alpha value is -4.40. The van der Waals surface area contributed by atoms with Gasteiger partial charge in [0.15, 0.2) is 4.34 Å². The Morgan fingerprint density at radius 3 is 2.40 bits per heavy atom. The Kier molecular flexibility index (Phi) is 8.90. The van der Waals surface area contributed by atoms with E-state index in [2.05, 4.69) is 10.6 Å². The zero-order valence-corrected chi connectivity index (χ0v) is 23.4. The van der Waals surface area contributed by atoms with Crippen LogP contribution in [0.25, 0.3) is 16.3 Å². The number of rotatable bonds is 10. The van der Waals surface area contributed by atoms with E-state index in [-0.39, 0.29) is 11.8 Å². The normalized spacial score (nSPS) is 11.0. The zero-order chi connectivity index (χ0) is 27.7. The fourth-order valence-electron chi connectivity index (χ4n) is 3.86. The minimum absolute atomic E-state index is 0.159. The van der Waals surface area contributed by atoms with Gasteiger partial charge >= 0.3 is 0 Å². The molecule has 0 aliphatic carbocycles. The molecule has 8 heteroatoms.